The van der Waals surface area contributed by atoms with Crippen LogP contribution in [-0.2, 0) is 25.6 Å². The van der Waals surface area contributed by atoms with Crippen LogP contribution in [0.15, 0.2) is 36.4 Å². The number of rotatable bonds is 6. The summed E-state index contributed by atoms with van der Waals surface area (Å²) in [5, 5.41) is 14.7. The molecule has 0 saturated heterocycles. The van der Waals surface area contributed by atoms with Crippen LogP contribution < -0.4 is 4.90 Å². The number of aromatic nitrogens is 2. The first-order chi connectivity index (χ1) is 16.6. The fraction of sp³-hybridized carbons (Fsp3) is 0.400. The van der Waals surface area contributed by atoms with E-state index in [0.29, 0.717) is 18.8 Å². The molecule has 3 aromatic rings. The van der Waals surface area contributed by atoms with Crippen LogP contribution in [0.4, 0.5) is 19.0 Å². The van der Waals surface area contributed by atoms with E-state index in [0.717, 1.165) is 41.9 Å². The first kappa shape index (κ1) is 25.8. The number of hydrogen-bond acceptors (Lipinski definition) is 4. The van der Waals surface area contributed by atoms with Gasteiger partial charge in [-0.3, -0.25) is 4.90 Å². The Labute approximate surface area is 212 Å². The van der Waals surface area contributed by atoms with Crippen molar-refractivity contribution in [2.45, 2.75) is 38.5 Å². The van der Waals surface area contributed by atoms with Gasteiger partial charge in [0.25, 0.3) is 0 Å². The van der Waals surface area contributed by atoms with Gasteiger partial charge < -0.3 is 10.0 Å². The Kier molecular flexibility index (Phi) is 7.38. The van der Waals surface area contributed by atoms with E-state index >= 15 is 0 Å². The molecule has 35 heavy (non-hydrogen) atoms. The van der Waals surface area contributed by atoms with E-state index in [9.17, 15) is 18.3 Å². The third kappa shape index (κ3) is 4.89. The highest BCUT2D eigenvalue weighted by atomic mass is 35.5. The standard InChI is InChI=1S/C25H27Cl2F3N4O/c1-4-21-18(13-33-10-9-15-7-5-6-8-17(15)22(33)14-35)24(32(2)3)34(31-21)23-19(26)11-16(12-20(23)27)25(28,29)30/h5-8,11-12,22,35H,4,9-10,13-14H2,1-3H3. The fourth-order valence-corrected chi connectivity index (χ4v) is 5.44. The van der Waals surface area contributed by atoms with Crippen molar-refractivity contribution in [2.24, 2.45) is 0 Å². The third-order valence-corrected chi connectivity index (χ3v) is 6.99. The lowest BCUT2D eigenvalue weighted by Crippen LogP contribution is -2.37. The second kappa shape index (κ2) is 10.0. The number of halogens is 5. The highest BCUT2D eigenvalue weighted by molar-refractivity contribution is 6.38. The summed E-state index contributed by atoms with van der Waals surface area (Å²) >= 11 is 12.7. The topological polar surface area (TPSA) is 44.5 Å². The van der Waals surface area contributed by atoms with Crippen molar-refractivity contribution in [3.8, 4) is 5.69 Å². The van der Waals surface area contributed by atoms with E-state index in [1.54, 1.807) is 0 Å². The Morgan fingerprint density at radius 1 is 1.14 bits per heavy atom. The summed E-state index contributed by atoms with van der Waals surface area (Å²) < 4.78 is 41.4. The molecule has 5 nitrogen and oxygen atoms in total. The minimum absolute atomic E-state index is 0.0273. The smallest absolute Gasteiger partial charge is 0.394 e. The van der Waals surface area contributed by atoms with Gasteiger partial charge in [-0.25, -0.2) is 4.68 Å². The highest BCUT2D eigenvalue weighted by Gasteiger charge is 2.34. The predicted octanol–water partition coefficient (Wildman–Crippen LogP) is 5.92. The average molecular weight is 527 g/mol. The average Bonchev–Trinajstić information content (AvgIpc) is 3.15. The van der Waals surface area contributed by atoms with Crippen LogP contribution in [0.5, 0.6) is 0 Å². The Bertz CT molecular complexity index is 1200. The Hall–Kier alpha value is -2.26. The number of hydrogen-bond donors (Lipinski definition) is 1. The molecule has 0 aliphatic carbocycles. The molecule has 1 N–H and O–H groups in total. The van der Waals surface area contributed by atoms with Crippen LogP contribution in [0.2, 0.25) is 10.0 Å². The molecule has 1 atom stereocenters. The third-order valence-electron chi connectivity index (χ3n) is 6.41. The van der Waals surface area contributed by atoms with Gasteiger partial charge in [-0.15, -0.1) is 0 Å². The lowest BCUT2D eigenvalue weighted by molar-refractivity contribution is -0.137. The maximum absolute atomic E-state index is 13.3. The Morgan fingerprint density at radius 2 is 1.80 bits per heavy atom. The number of benzene rings is 2. The second-order valence-corrected chi connectivity index (χ2v) is 9.63. The van der Waals surface area contributed by atoms with Gasteiger partial charge >= 0.3 is 6.18 Å². The molecule has 2 heterocycles. The molecule has 0 spiro atoms. The van der Waals surface area contributed by atoms with Gasteiger partial charge in [-0.1, -0.05) is 54.4 Å². The summed E-state index contributed by atoms with van der Waals surface area (Å²) in [5.41, 5.74) is 3.33. The van der Waals surface area contributed by atoms with Crippen LogP contribution in [0.1, 0.15) is 40.9 Å². The first-order valence-electron chi connectivity index (χ1n) is 11.3. The van der Waals surface area contributed by atoms with Crippen LogP contribution in [0.3, 0.4) is 0 Å². The summed E-state index contributed by atoms with van der Waals surface area (Å²) in [6, 6.07) is 9.69. The molecule has 0 radical (unpaired) electrons. The predicted molar refractivity (Wildman–Crippen MR) is 133 cm³/mol. The normalized spacial score (nSPS) is 16.4. The lowest BCUT2D eigenvalue weighted by Gasteiger charge is -2.36. The Balaban J connectivity index is 1.81. The minimum Gasteiger partial charge on any atom is -0.394 e. The molecule has 1 unspecified atom stereocenters. The first-order valence-corrected chi connectivity index (χ1v) is 12.1. The summed E-state index contributed by atoms with van der Waals surface area (Å²) in [7, 11) is 3.69. The number of aliphatic hydroxyl groups excluding tert-OH is 1. The molecule has 4 rings (SSSR count). The summed E-state index contributed by atoms with van der Waals surface area (Å²) in [6.45, 7) is 3.21. The van der Waals surface area contributed by atoms with Crippen molar-refractivity contribution < 1.29 is 18.3 Å². The van der Waals surface area contributed by atoms with Gasteiger partial charge in [-0.05, 0) is 36.1 Å². The number of aliphatic hydroxyl groups is 1. The zero-order chi connectivity index (χ0) is 25.5. The number of aryl methyl sites for hydroxylation is 1. The molecule has 0 amide bonds. The molecular formula is C25H27Cl2F3N4O. The monoisotopic (exact) mass is 526 g/mol. The molecule has 1 aliphatic heterocycles. The van der Waals surface area contributed by atoms with Crippen molar-refractivity contribution in [3.63, 3.8) is 0 Å². The van der Waals surface area contributed by atoms with Gasteiger partial charge in [0.1, 0.15) is 11.5 Å². The molecule has 0 fully saturated rings. The van der Waals surface area contributed by atoms with E-state index in [2.05, 4.69) is 11.0 Å². The largest absolute Gasteiger partial charge is 0.416 e. The lowest BCUT2D eigenvalue weighted by atomic mass is 9.92. The van der Waals surface area contributed by atoms with Crippen molar-refractivity contribution in [1.29, 1.82) is 0 Å². The molecule has 1 aliphatic rings. The van der Waals surface area contributed by atoms with Crippen molar-refractivity contribution in [2.75, 3.05) is 32.1 Å². The van der Waals surface area contributed by atoms with Gasteiger partial charge in [0.2, 0.25) is 0 Å². The quantitative estimate of drug-likeness (QED) is 0.433. The zero-order valence-electron chi connectivity index (χ0n) is 19.7. The summed E-state index contributed by atoms with van der Waals surface area (Å²) in [6.07, 6.45) is -3.10. The maximum Gasteiger partial charge on any atom is 0.416 e. The minimum atomic E-state index is -4.57. The van der Waals surface area contributed by atoms with Gasteiger partial charge in [0.15, 0.2) is 0 Å². The molecule has 1 aromatic heterocycles. The van der Waals surface area contributed by atoms with E-state index in [1.807, 2.05) is 44.1 Å². The van der Waals surface area contributed by atoms with Gasteiger partial charge in [0.05, 0.1) is 34.0 Å². The van der Waals surface area contributed by atoms with Crippen LogP contribution >= 0.6 is 23.2 Å². The molecule has 10 heteroatoms. The SMILES string of the molecule is CCc1nn(-c2c(Cl)cc(C(F)(F)F)cc2Cl)c(N(C)C)c1CN1CCc2ccccc2C1CO. The zero-order valence-corrected chi connectivity index (χ0v) is 21.2. The van der Waals surface area contributed by atoms with Crippen molar-refractivity contribution >= 4 is 29.0 Å². The summed E-state index contributed by atoms with van der Waals surface area (Å²) in [5.74, 6) is 0.681. The van der Waals surface area contributed by atoms with Crippen LogP contribution in [-0.4, -0.2) is 47.0 Å². The van der Waals surface area contributed by atoms with Gasteiger partial charge in [0, 0.05) is 32.7 Å². The van der Waals surface area contributed by atoms with E-state index in [1.165, 1.54) is 10.2 Å². The van der Waals surface area contributed by atoms with E-state index in [-0.39, 0.29) is 28.4 Å². The second-order valence-electron chi connectivity index (χ2n) is 8.81. The number of nitrogens with zero attached hydrogens (tertiary/aromatic N) is 4. The molecule has 188 valence electrons. The highest BCUT2D eigenvalue weighted by Crippen LogP contribution is 2.40. The molecular weight excluding hydrogens is 500 g/mol. The number of anilines is 1. The Morgan fingerprint density at radius 3 is 2.37 bits per heavy atom. The van der Waals surface area contributed by atoms with Crippen molar-refractivity contribution in [3.05, 3.63) is 74.4 Å². The maximum atomic E-state index is 13.3. The molecule has 0 saturated carbocycles. The molecule has 2 aromatic carbocycles. The number of fused-ring (bicyclic) bond motifs is 1. The molecule has 0 bridgehead atoms. The van der Waals surface area contributed by atoms with E-state index < -0.39 is 11.7 Å². The van der Waals surface area contributed by atoms with Crippen LogP contribution in [0.25, 0.3) is 5.69 Å². The van der Waals surface area contributed by atoms with Crippen LogP contribution in [0, 0.1) is 0 Å². The van der Waals surface area contributed by atoms with Crippen molar-refractivity contribution in [1.82, 2.24) is 14.7 Å². The van der Waals surface area contributed by atoms with Gasteiger partial charge in [-0.2, -0.15) is 18.3 Å². The van der Waals surface area contributed by atoms with E-state index in [4.69, 9.17) is 28.3 Å². The fourth-order valence-electron chi connectivity index (χ4n) is 4.79. The number of alkyl halides is 3. The summed E-state index contributed by atoms with van der Waals surface area (Å²) in [4.78, 5) is 4.07.